The fourth-order valence-corrected chi connectivity index (χ4v) is 4.12. The molecule has 0 aromatic heterocycles. The van der Waals surface area contributed by atoms with Crippen LogP contribution in [0.5, 0.6) is 0 Å². The number of benzene rings is 1. The lowest BCUT2D eigenvalue weighted by atomic mass is 10.2. The van der Waals surface area contributed by atoms with Crippen LogP contribution in [0.15, 0.2) is 29.2 Å². The van der Waals surface area contributed by atoms with E-state index in [1.165, 1.54) is 12.8 Å². The van der Waals surface area contributed by atoms with Crippen molar-refractivity contribution in [3.63, 3.8) is 0 Å². The van der Waals surface area contributed by atoms with Gasteiger partial charge in [0.25, 0.3) is 0 Å². The summed E-state index contributed by atoms with van der Waals surface area (Å²) in [6, 6.07) is 9.10. The zero-order valence-electron chi connectivity index (χ0n) is 12.7. The standard InChI is InChI=1S/C16H24N2O2S/c1-3-21(19,20)16-8-4-13(5-9-16)17-14-10-12(2)18(11-14)15-6-7-15/h4-5,8-9,12,14-15,17H,3,6-7,10-11H2,1-2H3. The molecule has 1 aliphatic carbocycles. The van der Waals surface area contributed by atoms with Gasteiger partial charge in [0.05, 0.1) is 10.6 Å². The average molecular weight is 308 g/mol. The highest BCUT2D eigenvalue weighted by Gasteiger charge is 2.38. The Morgan fingerprint density at radius 1 is 1.24 bits per heavy atom. The van der Waals surface area contributed by atoms with E-state index in [4.69, 9.17) is 0 Å². The number of nitrogens with zero attached hydrogens (tertiary/aromatic N) is 1. The summed E-state index contributed by atoms with van der Waals surface area (Å²) >= 11 is 0. The van der Waals surface area contributed by atoms with Crippen LogP contribution in [-0.4, -0.2) is 43.7 Å². The first kappa shape index (κ1) is 14.9. The molecule has 1 heterocycles. The molecule has 0 amide bonds. The summed E-state index contributed by atoms with van der Waals surface area (Å²) in [5.74, 6) is 0.149. The summed E-state index contributed by atoms with van der Waals surface area (Å²) in [5.41, 5.74) is 1.01. The van der Waals surface area contributed by atoms with Gasteiger partial charge in [-0.1, -0.05) is 6.92 Å². The van der Waals surface area contributed by atoms with E-state index in [9.17, 15) is 8.42 Å². The molecule has 2 aliphatic rings. The van der Waals surface area contributed by atoms with E-state index in [1.807, 2.05) is 12.1 Å². The first-order valence-corrected chi connectivity index (χ1v) is 9.50. The molecule has 3 rings (SSSR count). The molecular formula is C16H24N2O2S. The van der Waals surface area contributed by atoms with Crippen LogP contribution < -0.4 is 5.32 Å². The highest BCUT2D eigenvalue weighted by molar-refractivity contribution is 7.91. The minimum absolute atomic E-state index is 0.149. The van der Waals surface area contributed by atoms with E-state index in [0.29, 0.717) is 17.0 Å². The Balaban J connectivity index is 1.63. The van der Waals surface area contributed by atoms with Gasteiger partial charge in [0.15, 0.2) is 9.84 Å². The van der Waals surface area contributed by atoms with Crippen LogP contribution in [0.1, 0.15) is 33.1 Å². The topological polar surface area (TPSA) is 49.4 Å². The predicted molar refractivity (Wildman–Crippen MR) is 85.4 cm³/mol. The lowest BCUT2D eigenvalue weighted by Gasteiger charge is -2.20. The molecule has 2 fully saturated rings. The van der Waals surface area contributed by atoms with Gasteiger partial charge in [-0.25, -0.2) is 8.42 Å². The van der Waals surface area contributed by atoms with Gasteiger partial charge in [-0.2, -0.15) is 0 Å². The molecule has 21 heavy (non-hydrogen) atoms. The second kappa shape index (κ2) is 5.61. The zero-order chi connectivity index (χ0) is 15.0. The second-order valence-electron chi connectivity index (χ2n) is 6.28. The molecule has 4 nitrogen and oxygen atoms in total. The number of hydrogen-bond acceptors (Lipinski definition) is 4. The Morgan fingerprint density at radius 3 is 2.48 bits per heavy atom. The summed E-state index contributed by atoms with van der Waals surface area (Å²) in [7, 11) is -3.10. The van der Waals surface area contributed by atoms with E-state index < -0.39 is 9.84 Å². The number of rotatable bonds is 5. The Hall–Kier alpha value is -1.07. The predicted octanol–water partition coefficient (Wildman–Crippen LogP) is 2.52. The number of hydrogen-bond donors (Lipinski definition) is 1. The molecule has 1 aliphatic heterocycles. The molecule has 1 saturated carbocycles. The third-order valence-corrected chi connectivity index (χ3v) is 6.35. The van der Waals surface area contributed by atoms with Crippen molar-refractivity contribution < 1.29 is 8.42 Å². The molecule has 0 spiro atoms. The first-order chi connectivity index (χ1) is 9.99. The zero-order valence-corrected chi connectivity index (χ0v) is 13.6. The maximum atomic E-state index is 11.8. The van der Waals surface area contributed by atoms with Gasteiger partial charge in [-0.05, 0) is 50.5 Å². The summed E-state index contributed by atoms with van der Waals surface area (Å²) in [4.78, 5) is 3.02. The normalized spacial score (nSPS) is 27.0. The van der Waals surface area contributed by atoms with Gasteiger partial charge in [-0.15, -0.1) is 0 Å². The fraction of sp³-hybridized carbons (Fsp3) is 0.625. The first-order valence-electron chi connectivity index (χ1n) is 7.84. The number of anilines is 1. The van der Waals surface area contributed by atoms with Gasteiger partial charge < -0.3 is 5.32 Å². The Kier molecular flexibility index (Phi) is 3.97. The van der Waals surface area contributed by atoms with Crippen molar-refractivity contribution in [2.45, 2.75) is 56.1 Å². The minimum atomic E-state index is -3.10. The molecule has 1 saturated heterocycles. The molecule has 116 valence electrons. The minimum Gasteiger partial charge on any atom is -0.381 e. The van der Waals surface area contributed by atoms with E-state index in [-0.39, 0.29) is 5.75 Å². The quantitative estimate of drug-likeness (QED) is 0.908. The van der Waals surface area contributed by atoms with Crippen LogP contribution in [0, 0.1) is 0 Å². The smallest absolute Gasteiger partial charge is 0.178 e. The van der Waals surface area contributed by atoms with Gasteiger partial charge in [0, 0.05) is 30.4 Å². The van der Waals surface area contributed by atoms with Crippen LogP contribution in [-0.2, 0) is 9.84 Å². The average Bonchev–Trinajstić information content (AvgIpc) is 3.24. The summed E-state index contributed by atoms with van der Waals surface area (Å²) < 4.78 is 23.6. The Bertz CT molecular complexity index is 593. The largest absolute Gasteiger partial charge is 0.381 e. The van der Waals surface area contributed by atoms with Crippen LogP contribution in [0.3, 0.4) is 0 Å². The van der Waals surface area contributed by atoms with Crippen molar-refractivity contribution in [3.8, 4) is 0 Å². The molecule has 2 atom stereocenters. The van der Waals surface area contributed by atoms with E-state index in [0.717, 1.165) is 24.7 Å². The Morgan fingerprint density at radius 2 is 1.90 bits per heavy atom. The maximum Gasteiger partial charge on any atom is 0.178 e. The number of sulfone groups is 1. The van der Waals surface area contributed by atoms with Crippen molar-refractivity contribution in [3.05, 3.63) is 24.3 Å². The lowest BCUT2D eigenvalue weighted by molar-refractivity contribution is 0.257. The monoisotopic (exact) mass is 308 g/mol. The molecule has 1 aromatic rings. The van der Waals surface area contributed by atoms with E-state index >= 15 is 0 Å². The fourth-order valence-electron chi connectivity index (χ4n) is 3.24. The Labute approximate surface area is 127 Å². The van der Waals surface area contributed by atoms with Crippen LogP contribution >= 0.6 is 0 Å². The van der Waals surface area contributed by atoms with Crippen LogP contribution in [0.25, 0.3) is 0 Å². The third-order valence-electron chi connectivity index (χ3n) is 4.60. The van der Waals surface area contributed by atoms with Gasteiger partial charge in [-0.3, -0.25) is 4.90 Å². The molecule has 1 aromatic carbocycles. The summed E-state index contributed by atoms with van der Waals surface area (Å²) in [6.07, 6.45) is 3.85. The van der Waals surface area contributed by atoms with Gasteiger partial charge in [0.1, 0.15) is 0 Å². The highest BCUT2D eigenvalue weighted by atomic mass is 32.2. The molecular weight excluding hydrogens is 284 g/mol. The van der Waals surface area contributed by atoms with Crippen molar-refractivity contribution in [2.75, 3.05) is 17.6 Å². The van der Waals surface area contributed by atoms with Crippen molar-refractivity contribution in [1.82, 2.24) is 4.90 Å². The van der Waals surface area contributed by atoms with Crippen molar-refractivity contribution in [2.24, 2.45) is 0 Å². The molecule has 0 radical (unpaired) electrons. The molecule has 0 bridgehead atoms. The molecule has 1 N–H and O–H groups in total. The van der Waals surface area contributed by atoms with Gasteiger partial charge >= 0.3 is 0 Å². The number of nitrogens with one attached hydrogen (secondary N) is 1. The second-order valence-corrected chi connectivity index (χ2v) is 8.56. The third kappa shape index (κ3) is 3.24. The highest BCUT2D eigenvalue weighted by Crippen LogP contribution is 2.34. The van der Waals surface area contributed by atoms with Crippen molar-refractivity contribution in [1.29, 1.82) is 0 Å². The lowest BCUT2D eigenvalue weighted by Crippen LogP contribution is -2.31. The van der Waals surface area contributed by atoms with Crippen LogP contribution in [0.2, 0.25) is 0 Å². The van der Waals surface area contributed by atoms with E-state index in [2.05, 4.69) is 17.1 Å². The number of likely N-dealkylation sites (tertiary alicyclic amines) is 1. The molecule has 2 unspecified atom stereocenters. The van der Waals surface area contributed by atoms with Gasteiger partial charge in [0.2, 0.25) is 0 Å². The van der Waals surface area contributed by atoms with Crippen LogP contribution in [0.4, 0.5) is 5.69 Å². The maximum absolute atomic E-state index is 11.8. The summed E-state index contributed by atoms with van der Waals surface area (Å²) in [5, 5.41) is 3.54. The van der Waals surface area contributed by atoms with Crippen molar-refractivity contribution >= 4 is 15.5 Å². The molecule has 5 heteroatoms. The van der Waals surface area contributed by atoms with E-state index in [1.54, 1.807) is 19.1 Å². The SMILES string of the molecule is CCS(=O)(=O)c1ccc(NC2CC(C)N(C3CC3)C2)cc1. The summed E-state index contributed by atoms with van der Waals surface area (Å²) in [6.45, 7) is 5.08.